The molecule has 1 saturated heterocycles. The molecule has 0 atom stereocenters. The van der Waals surface area contributed by atoms with Crippen molar-refractivity contribution in [2.24, 2.45) is 4.99 Å². The van der Waals surface area contributed by atoms with Crippen molar-refractivity contribution < 1.29 is 9.53 Å². The first kappa shape index (κ1) is 26.0. The summed E-state index contributed by atoms with van der Waals surface area (Å²) < 4.78 is 5.48. The van der Waals surface area contributed by atoms with Gasteiger partial charge in [0.15, 0.2) is 5.96 Å². The van der Waals surface area contributed by atoms with Crippen molar-refractivity contribution in [3.63, 3.8) is 0 Å². The van der Waals surface area contributed by atoms with E-state index in [-0.39, 0.29) is 29.9 Å². The minimum absolute atomic E-state index is 0. The average molecular weight is 550 g/mol. The molecule has 3 rings (SSSR count). The number of benzene rings is 2. The molecule has 1 fully saturated rings. The van der Waals surface area contributed by atoms with Crippen LogP contribution in [0.15, 0.2) is 47.5 Å². The van der Waals surface area contributed by atoms with Crippen LogP contribution in [0.25, 0.3) is 0 Å². The molecule has 174 valence electrons. The van der Waals surface area contributed by atoms with Gasteiger partial charge in [-0.3, -0.25) is 4.79 Å². The lowest BCUT2D eigenvalue weighted by Gasteiger charge is -2.16. The number of guanidine groups is 1. The van der Waals surface area contributed by atoms with Crippen LogP contribution in [-0.2, 0) is 24.3 Å². The number of carbonyl (C=O) groups excluding carboxylic acids is 1. The summed E-state index contributed by atoms with van der Waals surface area (Å²) in [6.07, 6.45) is 2.50. The van der Waals surface area contributed by atoms with Gasteiger partial charge in [0.1, 0.15) is 5.75 Å². The number of carbonyl (C=O) groups is 1. The highest BCUT2D eigenvalue weighted by Crippen LogP contribution is 2.20. The third-order valence-electron chi connectivity index (χ3n) is 5.42. The topological polar surface area (TPSA) is 66.0 Å². The lowest BCUT2D eigenvalue weighted by molar-refractivity contribution is -0.128. The molecule has 0 aromatic heterocycles. The third-order valence-corrected chi connectivity index (χ3v) is 5.42. The Balaban J connectivity index is 0.00000363. The molecular formula is C25H35IN4O2. The van der Waals surface area contributed by atoms with Crippen molar-refractivity contribution in [3.05, 3.63) is 64.7 Å². The first-order valence-electron chi connectivity index (χ1n) is 11.1. The van der Waals surface area contributed by atoms with E-state index in [1.165, 1.54) is 11.1 Å². The van der Waals surface area contributed by atoms with E-state index in [1.807, 2.05) is 17.0 Å². The number of nitrogens with zero attached hydrogens (tertiary/aromatic N) is 2. The molecule has 0 saturated carbocycles. The van der Waals surface area contributed by atoms with Crippen LogP contribution in [0.4, 0.5) is 0 Å². The highest BCUT2D eigenvalue weighted by Gasteiger charge is 2.19. The van der Waals surface area contributed by atoms with Crippen LogP contribution in [-0.4, -0.2) is 43.5 Å². The minimum Gasteiger partial charge on any atom is -0.496 e. The number of rotatable bonds is 9. The first-order chi connectivity index (χ1) is 15.1. The number of aryl methyl sites for hydroxylation is 1. The summed E-state index contributed by atoms with van der Waals surface area (Å²) in [6.45, 7) is 7.86. The summed E-state index contributed by atoms with van der Waals surface area (Å²) in [6, 6.07) is 14.6. The van der Waals surface area contributed by atoms with Crippen LogP contribution < -0.4 is 15.4 Å². The fraction of sp³-hybridized carbons (Fsp3) is 0.440. The standard InChI is InChI=1S/C25H34N4O2.HI/c1-4-26-25(27-13-12-22-15-19(2)10-11-23(22)31-3)28-17-20-7-5-8-21(16-20)18-29-14-6-9-24(29)30;/h5,7-8,10-11,15-16H,4,6,9,12-14,17-18H2,1-3H3,(H2,26,27,28);1H. The Morgan fingerprint density at radius 2 is 1.97 bits per heavy atom. The molecular weight excluding hydrogens is 515 g/mol. The van der Waals surface area contributed by atoms with E-state index in [2.05, 4.69) is 54.8 Å². The van der Waals surface area contributed by atoms with Crippen molar-refractivity contribution in [2.75, 3.05) is 26.7 Å². The van der Waals surface area contributed by atoms with Crippen LogP contribution in [0, 0.1) is 6.92 Å². The summed E-state index contributed by atoms with van der Waals surface area (Å²) in [5.74, 6) is 1.98. The van der Waals surface area contributed by atoms with E-state index in [0.717, 1.165) is 55.3 Å². The molecule has 2 N–H and O–H groups in total. The van der Waals surface area contributed by atoms with Gasteiger partial charge in [0, 0.05) is 32.6 Å². The smallest absolute Gasteiger partial charge is 0.222 e. The minimum atomic E-state index is 0. The van der Waals surface area contributed by atoms with Gasteiger partial charge in [-0.15, -0.1) is 24.0 Å². The van der Waals surface area contributed by atoms with E-state index in [1.54, 1.807) is 7.11 Å². The Bertz CT molecular complexity index is 917. The zero-order chi connectivity index (χ0) is 22.1. The number of nitrogens with one attached hydrogen (secondary N) is 2. The van der Waals surface area contributed by atoms with E-state index in [0.29, 0.717) is 19.5 Å². The lowest BCUT2D eigenvalue weighted by atomic mass is 10.1. The number of aliphatic imine (C=N–C) groups is 1. The van der Waals surface area contributed by atoms with Crippen molar-refractivity contribution in [1.29, 1.82) is 0 Å². The average Bonchev–Trinajstić information content (AvgIpc) is 3.17. The Hall–Kier alpha value is -2.29. The Morgan fingerprint density at radius 1 is 1.16 bits per heavy atom. The van der Waals surface area contributed by atoms with Gasteiger partial charge in [-0.1, -0.05) is 42.0 Å². The van der Waals surface area contributed by atoms with Crippen molar-refractivity contribution in [3.8, 4) is 5.75 Å². The zero-order valence-electron chi connectivity index (χ0n) is 19.3. The molecule has 0 bridgehead atoms. The van der Waals surface area contributed by atoms with E-state index < -0.39 is 0 Å². The molecule has 0 spiro atoms. The maximum absolute atomic E-state index is 11.9. The Morgan fingerprint density at radius 3 is 2.69 bits per heavy atom. The summed E-state index contributed by atoms with van der Waals surface area (Å²) in [5.41, 5.74) is 4.72. The number of likely N-dealkylation sites (tertiary alicyclic amines) is 1. The highest BCUT2D eigenvalue weighted by molar-refractivity contribution is 14.0. The van der Waals surface area contributed by atoms with Gasteiger partial charge < -0.3 is 20.3 Å². The molecule has 1 heterocycles. The maximum atomic E-state index is 11.9. The van der Waals surface area contributed by atoms with Crippen LogP contribution in [0.1, 0.15) is 42.0 Å². The molecule has 6 nitrogen and oxygen atoms in total. The normalized spacial score (nSPS) is 13.7. The summed E-state index contributed by atoms with van der Waals surface area (Å²) in [4.78, 5) is 18.6. The van der Waals surface area contributed by atoms with E-state index >= 15 is 0 Å². The molecule has 1 amide bonds. The van der Waals surface area contributed by atoms with Gasteiger partial charge in [-0.2, -0.15) is 0 Å². The van der Waals surface area contributed by atoms with Gasteiger partial charge in [-0.05, 0) is 49.4 Å². The second-order valence-corrected chi connectivity index (χ2v) is 7.93. The summed E-state index contributed by atoms with van der Waals surface area (Å²) in [5, 5.41) is 6.73. The SMILES string of the molecule is CCNC(=NCc1cccc(CN2CCCC2=O)c1)NCCc1cc(C)ccc1OC.I. The summed E-state index contributed by atoms with van der Waals surface area (Å²) >= 11 is 0. The van der Waals surface area contributed by atoms with Gasteiger partial charge >= 0.3 is 0 Å². The van der Waals surface area contributed by atoms with Crippen LogP contribution >= 0.6 is 24.0 Å². The van der Waals surface area contributed by atoms with Crippen LogP contribution in [0.3, 0.4) is 0 Å². The van der Waals surface area contributed by atoms with Crippen LogP contribution in [0.5, 0.6) is 5.75 Å². The zero-order valence-corrected chi connectivity index (χ0v) is 21.6. The monoisotopic (exact) mass is 550 g/mol. The van der Waals surface area contributed by atoms with Gasteiger partial charge in [0.2, 0.25) is 5.91 Å². The molecule has 0 unspecified atom stereocenters. The number of halogens is 1. The van der Waals surface area contributed by atoms with Gasteiger partial charge in [-0.25, -0.2) is 4.99 Å². The van der Waals surface area contributed by atoms with E-state index in [4.69, 9.17) is 9.73 Å². The van der Waals surface area contributed by atoms with Crippen molar-refractivity contribution >= 4 is 35.8 Å². The molecule has 2 aromatic carbocycles. The second-order valence-electron chi connectivity index (χ2n) is 7.93. The number of methoxy groups -OCH3 is 1. The van der Waals surface area contributed by atoms with Gasteiger partial charge in [0.25, 0.3) is 0 Å². The second kappa shape index (κ2) is 13.3. The van der Waals surface area contributed by atoms with Gasteiger partial charge in [0.05, 0.1) is 13.7 Å². The lowest BCUT2D eigenvalue weighted by Crippen LogP contribution is -2.38. The number of amides is 1. The molecule has 0 aliphatic carbocycles. The Labute approximate surface area is 208 Å². The first-order valence-corrected chi connectivity index (χ1v) is 11.1. The number of ether oxygens (including phenoxy) is 1. The van der Waals surface area contributed by atoms with E-state index in [9.17, 15) is 4.79 Å². The molecule has 0 radical (unpaired) electrons. The number of hydrogen-bond donors (Lipinski definition) is 2. The predicted molar refractivity (Wildman–Crippen MR) is 141 cm³/mol. The predicted octanol–water partition coefficient (Wildman–Crippen LogP) is 4.04. The molecule has 1 aliphatic heterocycles. The molecule has 2 aromatic rings. The van der Waals surface area contributed by atoms with Crippen molar-refractivity contribution in [1.82, 2.24) is 15.5 Å². The largest absolute Gasteiger partial charge is 0.496 e. The third kappa shape index (κ3) is 7.69. The molecule has 1 aliphatic rings. The van der Waals surface area contributed by atoms with Crippen LogP contribution in [0.2, 0.25) is 0 Å². The quantitative estimate of drug-likeness (QED) is 0.281. The number of hydrogen-bond acceptors (Lipinski definition) is 3. The molecule has 7 heteroatoms. The molecule has 32 heavy (non-hydrogen) atoms. The Kier molecular flexibility index (Phi) is 10.8. The fourth-order valence-corrected chi connectivity index (χ4v) is 3.85. The van der Waals surface area contributed by atoms with Crippen molar-refractivity contribution in [2.45, 2.75) is 46.2 Å². The summed E-state index contributed by atoms with van der Waals surface area (Å²) in [7, 11) is 1.71. The fourth-order valence-electron chi connectivity index (χ4n) is 3.85. The maximum Gasteiger partial charge on any atom is 0.222 e. The highest BCUT2D eigenvalue weighted by atomic mass is 127.